The van der Waals surface area contributed by atoms with Crippen LogP contribution in [0.1, 0.15) is 44.6 Å². The lowest BCUT2D eigenvalue weighted by molar-refractivity contribution is -0.0251. The van der Waals surface area contributed by atoms with Crippen LogP contribution < -0.4 is 5.32 Å². The SMILES string of the molecule is CC(NC(=O)OCc1ccccc1)C1(O)CCCCC1. The molecule has 2 N–H and O–H groups in total. The summed E-state index contributed by atoms with van der Waals surface area (Å²) in [5.74, 6) is 0. The molecule has 0 aromatic heterocycles. The zero-order valence-corrected chi connectivity index (χ0v) is 12.0. The molecule has 0 bridgehead atoms. The first-order valence-electron chi connectivity index (χ1n) is 7.30. The molecule has 1 aromatic carbocycles. The molecular formula is C16H23NO3. The Hall–Kier alpha value is -1.55. The maximum Gasteiger partial charge on any atom is 0.407 e. The third-order valence-electron chi connectivity index (χ3n) is 4.07. The Kier molecular flexibility index (Phi) is 5.01. The monoisotopic (exact) mass is 277 g/mol. The predicted molar refractivity (Wildman–Crippen MR) is 77.3 cm³/mol. The van der Waals surface area contributed by atoms with E-state index >= 15 is 0 Å². The van der Waals surface area contributed by atoms with Crippen LogP contribution >= 0.6 is 0 Å². The third-order valence-corrected chi connectivity index (χ3v) is 4.07. The summed E-state index contributed by atoms with van der Waals surface area (Å²) >= 11 is 0. The van der Waals surface area contributed by atoms with Crippen LogP contribution in [0.15, 0.2) is 30.3 Å². The van der Waals surface area contributed by atoms with Gasteiger partial charge in [0.05, 0.1) is 11.6 Å². The van der Waals surface area contributed by atoms with Gasteiger partial charge in [-0.05, 0) is 25.3 Å². The van der Waals surface area contributed by atoms with E-state index in [-0.39, 0.29) is 12.6 Å². The smallest absolute Gasteiger partial charge is 0.407 e. The first kappa shape index (κ1) is 14.9. The molecule has 0 aliphatic heterocycles. The predicted octanol–water partition coefficient (Wildman–Crippen LogP) is 3.00. The Labute approximate surface area is 120 Å². The molecule has 1 unspecified atom stereocenters. The number of benzene rings is 1. The fraction of sp³-hybridized carbons (Fsp3) is 0.562. The molecule has 2 rings (SSSR count). The summed E-state index contributed by atoms with van der Waals surface area (Å²) in [6.45, 7) is 2.09. The number of nitrogens with one attached hydrogen (secondary N) is 1. The second-order valence-electron chi connectivity index (χ2n) is 5.59. The summed E-state index contributed by atoms with van der Waals surface area (Å²) in [6.07, 6.45) is 4.21. The van der Waals surface area contributed by atoms with Gasteiger partial charge in [-0.3, -0.25) is 0 Å². The van der Waals surface area contributed by atoms with Gasteiger partial charge in [0.15, 0.2) is 0 Å². The number of rotatable bonds is 4. The highest BCUT2D eigenvalue weighted by Crippen LogP contribution is 2.30. The highest BCUT2D eigenvalue weighted by atomic mass is 16.5. The summed E-state index contributed by atoms with van der Waals surface area (Å²) in [5.41, 5.74) is 0.163. The van der Waals surface area contributed by atoms with Gasteiger partial charge in [-0.2, -0.15) is 0 Å². The maximum absolute atomic E-state index is 11.8. The van der Waals surface area contributed by atoms with Crippen molar-refractivity contribution in [1.29, 1.82) is 0 Å². The number of carbonyl (C=O) groups excluding carboxylic acids is 1. The number of ether oxygens (including phenoxy) is 1. The normalized spacial score (nSPS) is 19.1. The molecule has 0 heterocycles. The lowest BCUT2D eigenvalue weighted by Crippen LogP contribution is -2.52. The van der Waals surface area contributed by atoms with Crippen molar-refractivity contribution in [2.24, 2.45) is 0 Å². The van der Waals surface area contributed by atoms with Crippen molar-refractivity contribution in [2.75, 3.05) is 0 Å². The molecule has 0 spiro atoms. The van der Waals surface area contributed by atoms with Gasteiger partial charge in [0.2, 0.25) is 0 Å². The van der Waals surface area contributed by atoms with Crippen LogP contribution in [-0.2, 0) is 11.3 Å². The van der Waals surface area contributed by atoms with Gasteiger partial charge >= 0.3 is 6.09 Å². The molecule has 1 saturated carbocycles. The molecule has 0 radical (unpaired) electrons. The van der Waals surface area contributed by atoms with Crippen molar-refractivity contribution in [3.8, 4) is 0 Å². The first-order valence-corrected chi connectivity index (χ1v) is 7.30. The molecule has 110 valence electrons. The second kappa shape index (κ2) is 6.75. The Balaban J connectivity index is 1.79. The van der Waals surface area contributed by atoms with Crippen molar-refractivity contribution >= 4 is 6.09 Å². The van der Waals surface area contributed by atoms with Gasteiger partial charge in [0.1, 0.15) is 6.61 Å². The molecule has 4 nitrogen and oxygen atoms in total. The fourth-order valence-electron chi connectivity index (χ4n) is 2.67. The summed E-state index contributed by atoms with van der Waals surface area (Å²) in [5, 5.41) is 13.3. The van der Waals surface area contributed by atoms with Crippen molar-refractivity contribution in [2.45, 2.75) is 57.3 Å². The Morgan fingerprint density at radius 3 is 2.60 bits per heavy atom. The van der Waals surface area contributed by atoms with E-state index in [0.717, 1.165) is 37.7 Å². The van der Waals surface area contributed by atoms with E-state index in [1.165, 1.54) is 0 Å². The standard InChI is InChI=1S/C16H23NO3/c1-13(16(19)10-6-3-7-11-16)17-15(18)20-12-14-8-4-2-5-9-14/h2,4-5,8-9,13,19H,3,6-7,10-12H2,1H3,(H,17,18). The van der Waals surface area contributed by atoms with Gasteiger partial charge < -0.3 is 15.2 Å². The number of amides is 1. The largest absolute Gasteiger partial charge is 0.445 e. The molecule has 1 aliphatic rings. The number of aliphatic hydroxyl groups is 1. The van der Waals surface area contributed by atoms with E-state index in [4.69, 9.17) is 4.74 Å². The van der Waals surface area contributed by atoms with Crippen LogP contribution in [0, 0.1) is 0 Å². The third kappa shape index (κ3) is 3.97. The van der Waals surface area contributed by atoms with E-state index in [2.05, 4.69) is 5.32 Å². The van der Waals surface area contributed by atoms with E-state index in [1.807, 2.05) is 37.3 Å². The van der Waals surface area contributed by atoms with Gasteiger partial charge in [0.25, 0.3) is 0 Å². The van der Waals surface area contributed by atoms with Crippen molar-refractivity contribution in [1.82, 2.24) is 5.32 Å². The molecule has 1 amide bonds. The van der Waals surface area contributed by atoms with E-state index in [9.17, 15) is 9.90 Å². The molecule has 20 heavy (non-hydrogen) atoms. The molecule has 1 aliphatic carbocycles. The van der Waals surface area contributed by atoms with Crippen molar-refractivity contribution in [3.05, 3.63) is 35.9 Å². The minimum atomic E-state index is -0.788. The highest BCUT2D eigenvalue weighted by molar-refractivity contribution is 5.67. The Morgan fingerprint density at radius 1 is 1.30 bits per heavy atom. The average molecular weight is 277 g/mol. The zero-order chi connectivity index (χ0) is 14.4. The summed E-state index contributed by atoms with van der Waals surface area (Å²) in [7, 11) is 0. The molecule has 1 atom stereocenters. The lowest BCUT2D eigenvalue weighted by Gasteiger charge is -2.37. The second-order valence-corrected chi connectivity index (χ2v) is 5.59. The van der Waals surface area contributed by atoms with E-state index in [1.54, 1.807) is 0 Å². The summed E-state index contributed by atoms with van der Waals surface area (Å²) in [4.78, 5) is 11.8. The van der Waals surface area contributed by atoms with Crippen molar-refractivity contribution < 1.29 is 14.6 Å². The van der Waals surface area contributed by atoms with Crippen LogP contribution in [0.5, 0.6) is 0 Å². The van der Waals surface area contributed by atoms with Gasteiger partial charge in [-0.15, -0.1) is 0 Å². The van der Waals surface area contributed by atoms with Gasteiger partial charge in [-0.25, -0.2) is 4.79 Å². The summed E-state index contributed by atoms with van der Waals surface area (Å²) in [6, 6.07) is 9.26. The number of hydrogen-bond acceptors (Lipinski definition) is 3. The van der Waals surface area contributed by atoms with Crippen LogP contribution in [-0.4, -0.2) is 22.8 Å². The minimum Gasteiger partial charge on any atom is -0.445 e. The quantitative estimate of drug-likeness (QED) is 0.889. The Bertz CT molecular complexity index is 427. The van der Waals surface area contributed by atoms with Crippen LogP contribution in [0.2, 0.25) is 0 Å². The maximum atomic E-state index is 11.8. The molecule has 1 fully saturated rings. The number of carbonyl (C=O) groups is 1. The van der Waals surface area contributed by atoms with Gasteiger partial charge in [0, 0.05) is 0 Å². The first-order chi connectivity index (χ1) is 9.60. The molecule has 4 heteroatoms. The minimum absolute atomic E-state index is 0.248. The van der Waals surface area contributed by atoms with E-state index < -0.39 is 11.7 Å². The zero-order valence-electron chi connectivity index (χ0n) is 12.0. The number of hydrogen-bond donors (Lipinski definition) is 2. The molecule has 1 aromatic rings. The van der Waals surface area contributed by atoms with Gasteiger partial charge in [-0.1, -0.05) is 49.6 Å². The molecule has 0 saturated heterocycles. The molecular weight excluding hydrogens is 254 g/mol. The summed E-state index contributed by atoms with van der Waals surface area (Å²) < 4.78 is 5.17. The van der Waals surface area contributed by atoms with Crippen LogP contribution in [0.4, 0.5) is 4.79 Å². The highest BCUT2D eigenvalue weighted by Gasteiger charge is 2.36. The fourth-order valence-corrected chi connectivity index (χ4v) is 2.67. The average Bonchev–Trinajstić information content (AvgIpc) is 2.47. The van der Waals surface area contributed by atoms with Crippen LogP contribution in [0.3, 0.4) is 0 Å². The number of alkyl carbamates (subject to hydrolysis) is 1. The van der Waals surface area contributed by atoms with E-state index in [0.29, 0.717) is 0 Å². The van der Waals surface area contributed by atoms with Crippen LogP contribution in [0.25, 0.3) is 0 Å². The lowest BCUT2D eigenvalue weighted by atomic mass is 9.80. The Morgan fingerprint density at radius 2 is 1.95 bits per heavy atom. The topological polar surface area (TPSA) is 58.6 Å². The van der Waals surface area contributed by atoms with Crippen molar-refractivity contribution in [3.63, 3.8) is 0 Å².